The molecule has 0 aliphatic carbocycles. The van der Waals surface area contributed by atoms with Crippen LogP contribution in [0.3, 0.4) is 0 Å². The Balaban J connectivity index is 2.43. The number of rotatable bonds is 2. The molecule has 0 amide bonds. The second-order valence-electron chi connectivity index (χ2n) is 2.88. The van der Waals surface area contributed by atoms with Crippen molar-refractivity contribution >= 4 is 33.2 Å². The van der Waals surface area contributed by atoms with E-state index in [0.717, 1.165) is 0 Å². The molecule has 0 aliphatic rings. The van der Waals surface area contributed by atoms with Gasteiger partial charge in [0.1, 0.15) is 10.6 Å². The molecule has 6 heteroatoms. The minimum Gasteiger partial charge on any atom is -0.465 e. The monoisotopic (exact) mass is 304 g/mol. The van der Waals surface area contributed by atoms with E-state index in [-0.39, 0.29) is 0 Å². The van der Waals surface area contributed by atoms with E-state index in [2.05, 4.69) is 20.7 Å². The molecular weight excluding hydrogens is 299 g/mol. The van der Waals surface area contributed by atoms with E-state index < -0.39 is 12.0 Å². The maximum Gasteiger partial charge on any atom is 0.348 e. The van der Waals surface area contributed by atoms with Crippen LogP contribution in [0.15, 0.2) is 27.1 Å². The van der Waals surface area contributed by atoms with Crippen LogP contribution in [0.1, 0.15) is 9.67 Å². The van der Waals surface area contributed by atoms with Crippen LogP contribution in [0, 0.1) is 6.01 Å². The minimum atomic E-state index is -0.657. The van der Waals surface area contributed by atoms with Crippen molar-refractivity contribution in [1.29, 1.82) is 0 Å². The Bertz CT molecular complexity index is 532. The van der Waals surface area contributed by atoms with E-state index >= 15 is 0 Å². The van der Waals surface area contributed by atoms with Gasteiger partial charge >= 0.3 is 5.97 Å². The second-order valence-corrected chi connectivity index (χ2v) is 4.79. The van der Waals surface area contributed by atoms with Gasteiger partial charge in [0, 0.05) is 10.5 Å². The Kier molecular flexibility index (Phi) is 3.11. The highest BCUT2D eigenvalue weighted by Gasteiger charge is 2.17. The first kappa shape index (κ1) is 11.3. The second kappa shape index (κ2) is 4.39. The summed E-state index contributed by atoms with van der Waals surface area (Å²) in [4.78, 5) is 12.4. The number of ether oxygens (including phenoxy) is 1. The van der Waals surface area contributed by atoms with Gasteiger partial charge in [0.2, 0.25) is 0 Å². The molecule has 84 valence electrons. The molecule has 0 aliphatic heterocycles. The number of esters is 1. The summed E-state index contributed by atoms with van der Waals surface area (Å²) in [6.45, 7) is 0. The normalized spacial score (nSPS) is 10.4. The molecule has 0 fully saturated rings. The topological polar surface area (TPSA) is 39.4 Å². The Morgan fingerprint density at radius 2 is 2.31 bits per heavy atom. The van der Waals surface area contributed by atoms with Crippen molar-refractivity contribution in [3.63, 3.8) is 0 Å². The smallest absolute Gasteiger partial charge is 0.348 e. The van der Waals surface area contributed by atoms with E-state index in [4.69, 9.17) is 4.42 Å². The predicted octanol–water partition coefficient (Wildman–Crippen LogP) is 3.70. The molecule has 2 aromatic heterocycles. The molecule has 2 aromatic rings. The first-order valence-electron chi connectivity index (χ1n) is 4.25. The quantitative estimate of drug-likeness (QED) is 0.794. The van der Waals surface area contributed by atoms with Crippen LogP contribution in [0.4, 0.5) is 4.39 Å². The highest BCUT2D eigenvalue weighted by molar-refractivity contribution is 9.10. The summed E-state index contributed by atoms with van der Waals surface area (Å²) < 4.78 is 22.8. The lowest BCUT2D eigenvalue weighted by molar-refractivity contribution is 0.0606. The SMILES string of the molecule is COC(=O)c1cc(Br)c(-c2ccc(F)o2)s1. The van der Waals surface area contributed by atoms with E-state index in [1.807, 2.05) is 0 Å². The first-order valence-corrected chi connectivity index (χ1v) is 5.86. The highest BCUT2D eigenvalue weighted by Crippen LogP contribution is 2.37. The molecule has 0 saturated heterocycles. The van der Waals surface area contributed by atoms with Gasteiger partial charge in [-0.15, -0.1) is 11.3 Å². The fourth-order valence-corrected chi connectivity index (χ4v) is 2.92. The molecule has 0 radical (unpaired) electrons. The zero-order chi connectivity index (χ0) is 11.7. The summed E-state index contributed by atoms with van der Waals surface area (Å²) >= 11 is 4.46. The third-order valence-electron chi connectivity index (χ3n) is 1.87. The van der Waals surface area contributed by atoms with Crippen molar-refractivity contribution in [1.82, 2.24) is 0 Å². The molecule has 3 nitrogen and oxygen atoms in total. The largest absolute Gasteiger partial charge is 0.465 e. The number of hydrogen-bond acceptors (Lipinski definition) is 4. The van der Waals surface area contributed by atoms with Gasteiger partial charge in [0.15, 0.2) is 0 Å². The number of hydrogen-bond donors (Lipinski definition) is 0. The van der Waals surface area contributed by atoms with Gasteiger partial charge < -0.3 is 9.15 Å². The summed E-state index contributed by atoms with van der Waals surface area (Å²) in [6.07, 6.45) is 0. The minimum absolute atomic E-state index is 0.379. The summed E-state index contributed by atoms with van der Waals surface area (Å²) in [5.74, 6) is -0.0477. The highest BCUT2D eigenvalue weighted by atomic mass is 79.9. The van der Waals surface area contributed by atoms with Gasteiger partial charge in [-0.25, -0.2) is 4.79 Å². The Morgan fingerprint density at radius 1 is 1.56 bits per heavy atom. The predicted molar refractivity (Wildman–Crippen MR) is 61.0 cm³/mol. The lowest BCUT2D eigenvalue weighted by Crippen LogP contribution is -1.96. The molecule has 0 unspecified atom stereocenters. The number of thiophene rings is 1. The van der Waals surface area contributed by atoms with Gasteiger partial charge in [-0.1, -0.05) is 0 Å². The van der Waals surface area contributed by atoms with Gasteiger partial charge in [-0.3, -0.25) is 0 Å². The Morgan fingerprint density at radius 3 is 2.88 bits per heavy atom. The van der Waals surface area contributed by atoms with Crippen molar-refractivity contribution in [3.05, 3.63) is 33.6 Å². The summed E-state index contributed by atoms with van der Waals surface area (Å²) in [5, 5.41) is 0. The van der Waals surface area contributed by atoms with Gasteiger partial charge in [0.25, 0.3) is 6.01 Å². The molecule has 0 spiro atoms. The van der Waals surface area contributed by atoms with Crippen LogP contribution < -0.4 is 0 Å². The molecule has 0 aromatic carbocycles. The molecule has 0 saturated carbocycles. The van der Waals surface area contributed by atoms with Crippen LogP contribution in [0.25, 0.3) is 10.6 Å². The van der Waals surface area contributed by atoms with Crippen LogP contribution in [0.5, 0.6) is 0 Å². The average molecular weight is 305 g/mol. The maximum absolute atomic E-state index is 12.7. The van der Waals surface area contributed by atoms with Crippen molar-refractivity contribution in [2.45, 2.75) is 0 Å². The van der Waals surface area contributed by atoms with E-state index in [1.54, 1.807) is 6.07 Å². The average Bonchev–Trinajstić information content (AvgIpc) is 2.83. The molecule has 2 rings (SSSR count). The fourth-order valence-electron chi connectivity index (χ4n) is 1.17. The third-order valence-corrected chi connectivity index (χ3v) is 3.89. The summed E-state index contributed by atoms with van der Waals surface area (Å²) in [5.41, 5.74) is 0. The van der Waals surface area contributed by atoms with Crippen LogP contribution in [0.2, 0.25) is 0 Å². The van der Waals surface area contributed by atoms with Crippen molar-refractivity contribution < 1.29 is 18.3 Å². The molecule has 0 bridgehead atoms. The molecule has 2 heterocycles. The zero-order valence-corrected chi connectivity index (χ0v) is 10.5. The Labute approximate surface area is 103 Å². The van der Waals surface area contributed by atoms with Gasteiger partial charge in [-0.05, 0) is 28.1 Å². The van der Waals surface area contributed by atoms with Crippen molar-refractivity contribution in [3.8, 4) is 10.6 Å². The third kappa shape index (κ3) is 2.03. The zero-order valence-electron chi connectivity index (χ0n) is 8.12. The van der Waals surface area contributed by atoms with Crippen LogP contribution >= 0.6 is 27.3 Å². The Hall–Kier alpha value is -1.14. The van der Waals surface area contributed by atoms with E-state index in [0.29, 0.717) is 20.0 Å². The maximum atomic E-state index is 12.7. The van der Waals surface area contributed by atoms with E-state index in [9.17, 15) is 9.18 Å². The number of methoxy groups -OCH3 is 1. The van der Waals surface area contributed by atoms with E-state index in [1.165, 1.54) is 30.6 Å². The lowest BCUT2D eigenvalue weighted by Gasteiger charge is -1.92. The lowest BCUT2D eigenvalue weighted by atomic mass is 10.3. The number of carbonyl (C=O) groups excluding carboxylic acids is 1. The van der Waals surface area contributed by atoms with Crippen LogP contribution in [-0.4, -0.2) is 13.1 Å². The number of furan rings is 1. The standard InChI is InChI=1S/C10H6BrFO3S/c1-14-10(13)7-4-5(11)9(16-7)6-2-3-8(12)15-6/h2-4H,1H3. The molecular formula is C10H6BrFO3S. The molecule has 16 heavy (non-hydrogen) atoms. The number of halogens is 2. The van der Waals surface area contributed by atoms with Gasteiger partial charge in [0.05, 0.1) is 12.0 Å². The van der Waals surface area contributed by atoms with Gasteiger partial charge in [-0.2, -0.15) is 4.39 Å². The first-order chi connectivity index (χ1) is 7.61. The van der Waals surface area contributed by atoms with Crippen molar-refractivity contribution in [2.24, 2.45) is 0 Å². The van der Waals surface area contributed by atoms with Crippen molar-refractivity contribution in [2.75, 3.05) is 7.11 Å². The fraction of sp³-hybridized carbons (Fsp3) is 0.100. The summed E-state index contributed by atoms with van der Waals surface area (Å²) in [7, 11) is 1.31. The molecule has 0 atom stereocenters. The van der Waals surface area contributed by atoms with Crippen LogP contribution in [-0.2, 0) is 4.74 Å². The number of carbonyl (C=O) groups is 1. The molecule has 0 N–H and O–H groups in total. The summed E-state index contributed by atoms with van der Waals surface area (Å²) in [6, 6.07) is 3.69.